The number of piperazine rings is 1. The lowest BCUT2D eigenvalue weighted by Gasteiger charge is -2.63. The van der Waals surface area contributed by atoms with E-state index in [1.807, 2.05) is 44.2 Å². The summed E-state index contributed by atoms with van der Waals surface area (Å²) in [6.45, 7) is 20.5. The maximum absolute atomic E-state index is 14.5. The summed E-state index contributed by atoms with van der Waals surface area (Å²) in [4.78, 5) is 95.1. The van der Waals surface area contributed by atoms with Crippen molar-refractivity contribution in [3.8, 4) is 22.3 Å². The number of aromatic nitrogens is 2. The Morgan fingerprint density at radius 1 is 0.948 bits per heavy atom. The summed E-state index contributed by atoms with van der Waals surface area (Å²) in [6.07, 6.45) is -0.341. The number of aliphatic carboxylic acids is 1. The Labute approximate surface area is 459 Å². The van der Waals surface area contributed by atoms with Crippen molar-refractivity contribution in [2.75, 3.05) is 57.4 Å². The second kappa shape index (κ2) is 24.3. The van der Waals surface area contributed by atoms with E-state index in [9.17, 15) is 34.0 Å². The number of carboxylic acids is 1. The standard InChI is InChI=1S/C56H70ClN9O10S/c1-33(35-10-12-36(13-11-35)47-34(2)60-32-77-47)61-50(72)42-27-40(75-46(70)19-18-45(68)69)30-66(42)51(73)48(54(3,4)5)62-44(67)31-74-25-24-64-20-22-65(23-21-64)43-17-15-38(29-59-43)49(71)63-52-55(6,7)53(56(52,8)9)76-39-16-14-37(28-58)41(57)26-39/h10-17,26,29,32-33,40,42,48,52-53H,18-25,27,30-31H2,1-9H3,(H,61,72)(H,62,67)(H,63,71)(H,68,69)/t33-,40+,42-,48?,52?,53?/m0/s1. The average Bonchev–Trinajstić information content (AvgIpc) is 4.10. The molecule has 2 aliphatic heterocycles. The number of hydrogen-bond donors (Lipinski definition) is 4. The Bertz CT molecular complexity index is 2820. The zero-order valence-corrected chi connectivity index (χ0v) is 46.8. The highest BCUT2D eigenvalue weighted by atomic mass is 35.5. The van der Waals surface area contributed by atoms with E-state index in [0.29, 0.717) is 54.6 Å². The average molecular weight is 1100 g/mol. The smallest absolute Gasteiger partial charge is 0.306 e. The van der Waals surface area contributed by atoms with E-state index in [1.165, 1.54) is 4.90 Å². The number of anilines is 1. The van der Waals surface area contributed by atoms with Gasteiger partial charge in [0.15, 0.2) is 0 Å². The van der Waals surface area contributed by atoms with Crippen LogP contribution in [0.5, 0.6) is 5.75 Å². The molecule has 0 spiro atoms. The van der Waals surface area contributed by atoms with Crippen molar-refractivity contribution in [2.45, 2.75) is 118 Å². The first-order chi connectivity index (χ1) is 36.4. The molecule has 1 unspecified atom stereocenters. The first-order valence-corrected chi connectivity index (χ1v) is 27.1. The van der Waals surface area contributed by atoms with Gasteiger partial charge in [-0.05, 0) is 54.7 Å². The molecular formula is C56H70ClN9O10S. The number of hydrogen-bond acceptors (Lipinski definition) is 15. The van der Waals surface area contributed by atoms with Crippen LogP contribution in [-0.2, 0) is 33.4 Å². The first kappa shape index (κ1) is 58.0. The molecule has 1 saturated carbocycles. The second-order valence-corrected chi connectivity index (χ2v) is 23.6. The van der Waals surface area contributed by atoms with Crippen LogP contribution in [0.2, 0.25) is 5.02 Å². The fourth-order valence-corrected chi connectivity index (χ4v) is 11.8. The third-order valence-electron chi connectivity index (χ3n) is 14.8. The number of nitriles is 1. The van der Waals surface area contributed by atoms with Gasteiger partial charge in [-0.1, -0.05) is 84.3 Å². The van der Waals surface area contributed by atoms with Gasteiger partial charge in [-0.15, -0.1) is 11.3 Å². The SMILES string of the molecule is Cc1ncsc1-c1ccc([C@H](C)NC(=O)[C@@H]2C[C@@H](OC(=O)CCC(=O)O)CN2C(=O)C(NC(=O)COCCN2CCN(c3ccc(C(=O)NC4C(C)(C)C(Oc5ccc(C#N)c(Cl)c5)C4(C)C)cn3)CC2)C(C)(C)C)cc1. The lowest BCUT2D eigenvalue weighted by Crippen LogP contribution is -2.74. The van der Waals surface area contributed by atoms with Crippen molar-refractivity contribution in [1.82, 2.24) is 35.7 Å². The van der Waals surface area contributed by atoms with Crippen LogP contribution in [0.4, 0.5) is 5.82 Å². The predicted octanol–water partition coefficient (Wildman–Crippen LogP) is 6.58. The molecule has 3 aliphatic rings. The molecule has 77 heavy (non-hydrogen) atoms. The van der Waals surface area contributed by atoms with E-state index >= 15 is 0 Å². The lowest BCUT2D eigenvalue weighted by molar-refractivity contribution is -0.164. The molecule has 19 nitrogen and oxygen atoms in total. The molecule has 0 radical (unpaired) electrons. The number of thiazole rings is 1. The number of pyridine rings is 1. The number of likely N-dealkylation sites (tertiary alicyclic amines) is 1. The number of nitrogens with one attached hydrogen (secondary N) is 3. The number of carbonyl (C=O) groups excluding carboxylic acids is 5. The Morgan fingerprint density at radius 3 is 2.25 bits per heavy atom. The number of amides is 4. The first-order valence-electron chi connectivity index (χ1n) is 25.9. The van der Waals surface area contributed by atoms with E-state index in [4.69, 9.17) is 30.9 Å². The number of rotatable bonds is 20. The van der Waals surface area contributed by atoms with Gasteiger partial charge in [0.25, 0.3) is 5.91 Å². The van der Waals surface area contributed by atoms with Gasteiger partial charge in [-0.25, -0.2) is 9.97 Å². The summed E-state index contributed by atoms with van der Waals surface area (Å²) < 4.78 is 17.8. The van der Waals surface area contributed by atoms with E-state index in [2.05, 4.69) is 69.5 Å². The highest BCUT2D eigenvalue weighted by Gasteiger charge is 2.64. The lowest BCUT2D eigenvalue weighted by atomic mass is 9.49. The summed E-state index contributed by atoms with van der Waals surface area (Å²) in [5.41, 5.74) is 3.71. The van der Waals surface area contributed by atoms with Gasteiger partial charge in [0.2, 0.25) is 17.7 Å². The van der Waals surface area contributed by atoms with Crippen LogP contribution in [0, 0.1) is 34.5 Å². The number of carbonyl (C=O) groups is 6. The summed E-state index contributed by atoms with van der Waals surface area (Å²) in [7, 11) is 0. The molecule has 21 heteroatoms. The van der Waals surface area contributed by atoms with Gasteiger partial charge in [0.05, 0.1) is 64.3 Å². The summed E-state index contributed by atoms with van der Waals surface area (Å²) in [6, 6.07) is 15.7. The number of ether oxygens (including phenoxy) is 3. The fraction of sp³-hybridized carbons (Fsp3) is 0.518. The zero-order valence-electron chi connectivity index (χ0n) is 45.2. The number of esters is 1. The number of aryl methyl sites for hydroxylation is 1. The Kier molecular flexibility index (Phi) is 18.3. The van der Waals surface area contributed by atoms with Crippen molar-refractivity contribution in [3.63, 3.8) is 0 Å². The monoisotopic (exact) mass is 1100 g/mol. The predicted molar refractivity (Wildman–Crippen MR) is 290 cm³/mol. The highest BCUT2D eigenvalue weighted by molar-refractivity contribution is 7.13. The minimum absolute atomic E-state index is 0.0202. The molecule has 2 saturated heterocycles. The van der Waals surface area contributed by atoms with Crippen LogP contribution < -0.4 is 25.6 Å². The van der Waals surface area contributed by atoms with E-state index < -0.39 is 76.6 Å². The molecule has 4 amide bonds. The second-order valence-electron chi connectivity index (χ2n) is 22.3. The maximum atomic E-state index is 14.5. The van der Waals surface area contributed by atoms with Crippen LogP contribution in [0.15, 0.2) is 66.3 Å². The van der Waals surface area contributed by atoms with Crippen LogP contribution in [0.3, 0.4) is 0 Å². The van der Waals surface area contributed by atoms with Crippen LogP contribution >= 0.6 is 22.9 Å². The van der Waals surface area contributed by atoms with Gasteiger partial charge < -0.3 is 45.1 Å². The summed E-state index contributed by atoms with van der Waals surface area (Å²) in [5.74, 6) is -2.35. The molecule has 3 fully saturated rings. The molecule has 4 aromatic rings. The van der Waals surface area contributed by atoms with Crippen LogP contribution in [0.25, 0.3) is 10.4 Å². The number of halogens is 1. The van der Waals surface area contributed by atoms with Gasteiger partial charge in [0.1, 0.15) is 48.5 Å². The van der Waals surface area contributed by atoms with E-state index in [0.717, 1.165) is 27.5 Å². The van der Waals surface area contributed by atoms with Crippen molar-refractivity contribution >= 4 is 64.3 Å². The highest BCUT2D eigenvalue weighted by Crippen LogP contribution is 2.55. The number of benzene rings is 2. The Morgan fingerprint density at radius 2 is 1.65 bits per heavy atom. The topological polar surface area (TPSA) is 246 Å². The minimum atomic E-state index is -1.16. The Balaban J connectivity index is 0.873. The number of carboxylic acid groups (broad SMARTS) is 1. The van der Waals surface area contributed by atoms with Gasteiger partial charge in [0, 0.05) is 68.3 Å². The van der Waals surface area contributed by atoms with E-state index in [1.54, 1.807) is 68.1 Å². The van der Waals surface area contributed by atoms with Gasteiger partial charge >= 0.3 is 11.9 Å². The quantitative estimate of drug-likeness (QED) is 0.0540. The molecular weight excluding hydrogens is 1030 g/mol. The maximum Gasteiger partial charge on any atom is 0.306 e. The molecule has 1 aliphatic carbocycles. The van der Waals surface area contributed by atoms with Gasteiger partial charge in [-0.3, -0.25) is 33.7 Å². The molecule has 0 bridgehead atoms. The van der Waals surface area contributed by atoms with Crippen molar-refractivity contribution in [1.29, 1.82) is 5.26 Å². The van der Waals surface area contributed by atoms with Gasteiger partial charge in [-0.2, -0.15) is 5.26 Å². The van der Waals surface area contributed by atoms with Crippen molar-refractivity contribution in [2.24, 2.45) is 16.2 Å². The third kappa shape index (κ3) is 13.9. The normalized spacial score (nSPS) is 20.7. The van der Waals surface area contributed by atoms with Crippen molar-refractivity contribution < 1.29 is 48.1 Å². The van der Waals surface area contributed by atoms with Crippen LogP contribution in [0.1, 0.15) is 108 Å². The Hall–Kier alpha value is -6.66. The van der Waals surface area contributed by atoms with Crippen molar-refractivity contribution in [3.05, 3.63) is 93.7 Å². The molecule has 2 aromatic heterocycles. The molecule has 4 heterocycles. The molecule has 7 rings (SSSR count). The third-order valence-corrected chi connectivity index (χ3v) is 16.1. The zero-order chi connectivity index (χ0) is 56.0. The van der Waals surface area contributed by atoms with Crippen LogP contribution in [-0.4, -0.2) is 143 Å². The largest absolute Gasteiger partial charge is 0.489 e. The van der Waals surface area contributed by atoms with E-state index in [-0.39, 0.29) is 50.7 Å². The molecule has 2 aromatic carbocycles. The molecule has 4 N–H and O–H groups in total. The minimum Gasteiger partial charge on any atom is -0.489 e. The number of nitrogens with zero attached hydrogens (tertiary/aromatic N) is 6. The molecule has 412 valence electrons. The summed E-state index contributed by atoms with van der Waals surface area (Å²) >= 11 is 7.80. The molecule has 4 atom stereocenters. The fourth-order valence-electron chi connectivity index (χ4n) is 10.8. The summed E-state index contributed by atoms with van der Waals surface area (Å²) in [5, 5.41) is 27.8.